The maximum Gasteiger partial charge on any atom is 0.407 e. The van der Waals surface area contributed by atoms with Crippen molar-refractivity contribution in [1.82, 2.24) is 35.5 Å². The van der Waals surface area contributed by atoms with Gasteiger partial charge in [0.05, 0.1) is 58.9 Å². The molecule has 1 aromatic carbocycles. The van der Waals surface area contributed by atoms with E-state index in [-0.39, 0.29) is 14.0 Å². The molecular formula is C34H45N7O3S2. The van der Waals surface area contributed by atoms with Crippen molar-refractivity contribution >= 4 is 44.5 Å². The number of aromatic amines is 2. The molecule has 2 atom stereocenters. The quantitative estimate of drug-likeness (QED) is 0.131. The first-order chi connectivity index (χ1) is 22.0. The molecule has 5 aromatic rings. The maximum atomic E-state index is 10.1. The van der Waals surface area contributed by atoms with Crippen LogP contribution in [0.3, 0.4) is 0 Å². The Balaban J connectivity index is 0.000000349. The average Bonchev–Trinajstić information content (AvgIpc) is 3.88. The summed E-state index contributed by atoms with van der Waals surface area (Å²) in [5.74, 6) is 2.13. The van der Waals surface area contributed by atoms with E-state index in [4.69, 9.17) is 0 Å². The summed E-state index contributed by atoms with van der Waals surface area (Å²) in [6.07, 6.45) is 8.75. The zero-order valence-corrected chi connectivity index (χ0v) is 27.8. The van der Waals surface area contributed by atoms with Gasteiger partial charge in [-0.2, -0.15) is 0 Å². The Morgan fingerprint density at radius 2 is 1.63 bits per heavy atom. The predicted octanol–water partition coefficient (Wildman–Crippen LogP) is 7.80. The third-order valence-electron chi connectivity index (χ3n) is 7.78. The number of nitrogens with one attached hydrogen (secondary N) is 4. The van der Waals surface area contributed by atoms with Crippen molar-refractivity contribution in [3.63, 3.8) is 0 Å². The number of nitrogens with zero attached hydrogens (tertiary/aromatic N) is 3. The molecule has 6 heterocycles. The van der Waals surface area contributed by atoms with E-state index in [1.807, 2.05) is 35.1 Å². The summed E-state index contributed by atoms with van der Waals surface area (Å²) in [6, 6.07) is 9.64. The summed E-state index contributed by atoms with van der Waals surface area (Å²) in [6.45, 7) is 6.48. The number of aromatic nitrogens is 4. The van der Waals surface area contributed by atoms with E-state index >= 15 is 0 Å². The third-order valence-corrected chi connectivity index (χ3v) is 9.94. The summed E-state index contributed by atoms with van der Waals surface area (Å²) in [5, 5.41) is 10.2. The Hall–Kier alpha value is -3.84. The molecule has 0 radical (unpaired) electrons. The first kappa shape index (κ1) is 35.0. The normalized spacial score (nSPS) is 17.1. The number of rotatable bonds is 7. The van der Waals surface area contributed by atoms with E-state index in [1.165, 1.54) is 58.0 Å². The van der Waals surface area contributed by atoms with Crippen molar-refractivity contribution < 1.29 is 14.3 Å². The summed E-state index contributed by atoms with van der Waals surface area (Å²) in [7, 11) is 3.40. The lowest BCUT2D eigenvalue weighted by Gasteiger charge is -2.36. The number of aldehydes is 1. The number of H-pyrrole nitrogens is 2. The smallest absolute Gasteiger partial charge is 0.407 e. The van der Waals surface area contributed by atoms with Crippen molar-refractivity contribution in [2.45, 2.75) is 59.0 Å². The molecule has 0 saturated carbocycles. The Morgan fingerprint density at radius 1 is 1.00 bits per heavy atom. The number of hydrogen-bond acceptors (Lipinski definition) is 9. The van der Waals surface area contributed by atoms with Crippen LogP contribution in [0.2, 0.25) is 0 Å². The topological polar surface area (TPSA) is 128 Å². The number of hydrogen-bond donors (Lipinski definition) is 4. The number of amides is 1. The van der Waals surface area contributed by atoms with E-state index < -0.39 is 6.09 Å². The number of methoxy groups -OCH3 is 1. The Kier molecular flexibility index (Phi) is 12.7. The first-order valence-electron chi connectivity index (χ1n) is 15.4. The molecule has 2 aliphatic rings. The molecule has 2 saturated heterocycles. The highest BCUT2D eigenvalue weighted by atomic mass is 32.1. The Labute approximate surface area is 279 Å². The maximum absolute atomic E-state index is 10.1. The SMILES string of the molecule is C.CCC.CN1CCC1c1ncc(-c2csc3c(-c4ccc(-c5cnc(C6CCCN6)[nH]5)cc4)csc23)[nH]1.COC(=O)NCC=O. The van der Waals surface area contributed by atoms with Gasteiger partial charge in [-0.25, -0.2) is 14.8 Å². The van der Waals surface area contributed by atoms with Crippen molar-refractivity contribution in [1.29, 1.82) is 0 Å². The van der Waals surface area contributed by atoms with E-state index in [1.54, 1.807) is 0 Å². The van der Waals surface area contributed by atoms with Gasteiger partial charge in [0.15, 0.2) is 0 Å². The third kappa shape index (κ3) is 7.92. The minimum Gasteiger partial charge on any atom is -0.453 e. The number of carbonyl (C=O) groups excluding carboxylic acids is 2. The van der Waals surface area contributed by atoms with Gasteiger partial charge < -0.3 is 30.1 Å². The summed E-state index contributed by atoms with van der Waals surface area (Å²) < 4.78 is 6.83. The van der Waals surface area contributed by atoms with Crippen LogP contribution in [0.15, 0.2) is 47.4 Å². The van der Waals surface area contributed by atoms with Gasteiger partial charge in [-0.15, -0.1) is 22.7 Å². The Morgan fingerprint density at radius 3 is 2.24 bits per heavy atom. The molecule has 7 rings (SSSR count). The van der Waals surface area contributed by atoms with E-state index in [0.29, 0.717) is 18.4 Å². The molecule has 2 unspecified atom stereocenters. The second-order valence-corrected chi connectivity index (χ2v) is 12.8. The Bertz CT molecular complexity index is 1680. The minimum atomic E-state index is -0.586. The summed E-state index contributed by atoms with van der Waals surface area (Å²) in [4.78, 5) is 38.4. The molecule has 2 fully saturated rings. The van der Waals surface area contributed by atoms with Crippen LogP contribution in [0.25, 0.3) is 43.0 Å². The van der Waals surface area contributed by atoms with Crippen molar-refractivity contribution in [3.8, 4) is 33.6 Å². The molecular weight excluding hydrogens is 619 g/mol. The molecule has 12 heteroatoms. The fraction of sp³-hybridized carbons (Fsp3) is 0.412. The molecule has 4 aromatic heterocycles. The number of likely N-dealkylation sites (tertiary alicyclic amines) is 1. The van der Waals surface area contributed by atoms with Gasteiger partial charge in [0, 0.05) is 28.4 Å². The minimum absolute atomic E-state index is 0. The van der Waals surface area contributed by atoms with Crippen molar-refractivity contribution in [2.24, 2.45) is 0 Å². The highest BCUT2D eigenvalue weighted by Crippen LogP contribution is 2.44. The fourth-order valence-corrected chi connectivity index (χ4v) is 7.76. The molecule has 2 aliphatic heterocycles. The van der Waals surface area contributed by atoms with Crippen LogP contribution < -0.4 is 10.6 Å². The van der Waals surface area contributed by atoms with Crippen LogP contribution in [-0.4, -0.2) is 71.0 Å². The van der Waals surface area contributed by atoms with E-state index in [9.17, 15) is 9.59 Å². The van der Waals surface area contributed by atoms with Gasteiger partial charge in [-0.3, -0.25) is 4.90 Å². The summed E-state index contributed by atoms with van der Waals surface area (Å²) in [5.41, 5.74) is 7.20. The highest BCUT2D eigenvalue weighted by Gasteiger charge is 2.28. The molecule has 246 valence electrons. The monoisotopic (exact) mass is 663 g/mol. The number of fused-ring (bicyclic) bond motifs is 1. The standard InChI is InChI=1S/C26H26N6S2.C4H7NO3.C3H8.CH4/c1-32-10-8-22(32)26-29-12-21(31-26)18-14-34-23-17(13-33-24(18)23)15-4-6-16(7-5-15)20-11-28-25(30-20)19-3-2-9-27-19;1-8-4(7)5-2-3-6;1-3-2;/h4-7,11-14,19,22,27H,2-3,8-10H2,1H3,(H,28,30)(H,29,31);3H,2H2,1H3,(H,5,7);3H2,1-2H3;1H4. The zero-order chi connectivity index (χ0) is 31.8. The molecule has 10 nitrogen and oxygen atoms in total. The van der Waals surface area contributed by atoms with Crippen LogP contribution in [0.1, 0.15) is 70.7 Å². The molecule has 4 N–H and O–H groups in total. The molecule has 46 heavy (non-hydrogen) atoms. The van der Waals surface area contributed by atoms with Crippen molar-refractivity contribution in [3.05, 3.63) is 59.1 Å². The molecule has 0 aliphatic carbocycles. The van der Waals surface area contributed by atoms with Gasteiger partial charge in [-0.05, 0) is 44.0 Å². The number of alkyl carbamates (subject to hydrolysis) is 1. The van der Waals surface area contributed by atoms with Gasteiger partial charge in [0.25, 0.3) is 0 Å². The first-order valence-corrected chi connectivity index (χ1v) is 17.1. The number of thiophene rings is 2. The summed E-state index contributed by atoms with van der Waals surface area (Å²) >= 11 is 3.64. The van der Waals surface area contributed by atoms with E-state index in [0.717, 1.165) is 42.5 Å². The second kappa shape index (κ2) is 16.6. The van der Waals surface area contributed by atoms with Crippen molar-refractivity contribution in [2.75, 3.05) is 33.8 Å². The highest BCUT2D eigenvalue weighted by molar-refractivity contribution is 7.27. The van der Waals surface area contributed by atoms with Gasteiger partial charge in [0.2, 0.25) is 0 Å². The van der Waals surface area contributed by atoms with Crippen LogP contribution in [-0.2, 0) is 9.53 Å². The molecule has 0 bridgehead atoms. The zero-order valence-electron chi connectivity index (χ0n) is 26.2. The lowest BCUT2D eigenvalue weighted by atomic mass is 10.0. The number of imidazole rings is 2. The lowest BCUT2D eigenvalue weighted by molar-refractivity contribution is -0.107. The van der Waals surface area contributed by atoms with Gasteiger partial charge in [-0.1, -0.05) is 52.0 Å². The largest absolute Gasteiger partial charge is 0.453 e. The van der Waals surface area contributed by atoms with Crippen LogP contribution in [0.4, 0.5) is 4.79 Å². The van der Waals surface area contributed by atoms with Crippen LogP contribution >= 0.6 is 22.7 Å². The van der Waals surface area contributed by atoms with Gasteiger partial charge >= 0.3 is 6.09 Å². The second-order valence-electron chi connectivity index (χ2n) is 11.1. The number of carbonyl (C=O) groups is 2. The number of benzene rings is 1. The fourth-order valence-electron chi connectivity index (χ4n) is 5.32. The van der Waals surface area contributed by atoms with Crippen LogP contribution in [0, 0.1) is 0 Å². The van der Waals surface area contributed by atoms with E-state index in [2.05, 4.69) is 96.1 Å². The number of ether oxygens (including phenoxy) is 1. The molecule has 1 amide bonds. The van der Waals surface area contributed by atoms with Crippen LogP contribution in [0.5, 0.6) is 0 Å². The molecule has 0 spiro atoms. The lowest BCUT2D eigenvalue weighted by Crippen LogP contribution is -2.37. The predicted molar refractivity (Wildman–Crippen MR) is 189 cm³/mol. The van der Waals surface area contributed by atoms with Gasteiger partial charge in [0.1, 0.15) is 17.9 Å². The average molecular weight is 664 g/mol.